The fourth-order valence-corrected chi connectivity index (χ4v) is 4.65. The predicted octanol–water partition coefficient (Wildman–Crippen LogP) is 3.19. The van der Waals surface area contributed by atoms with Gasteiger partial charge in [-0.15, -0.1) is 0 Å². The van der Waals surface area contributed by atoms with Crippen LogP contribution in [0, 0.1) is 17.8 Å². The molecular formula is C18H22N2O2. The Labute approximate surface area is 130 Å². The van der Waals surface area contributed by atoms with E-state index >= 15 is 0 Å². The highest BCUT2D eigenvalue weighted by Gasteiger charge is 2.46. The number of hydrogen-bond donors (Lipinski definition) is 1. The number of para-hydroxylation sites is 2. The molecule has 4 rings (SSSR count). The van der Waals surface area contributed by atoms with Crippen LogP contribution in [0.15, 0.2) is 24.3 Å². The second-order valence-electron chi connectivity index (χ2n) is 7.11. The zero-order chi connectivity index (χ0) is 15.3. The molecule has 2 amide bonds. The molecule has 2 bridgehead atoms. The molecule has 0 aromatic heterocycles. The molecule has 3 aliphatic rings. The average molecular weight is 298 g/mol. The third-order valence-corrected chi connectivity index (χ3v) is 5.65. The van der Waals surface area contributed by atoms with Gasteiger partial charge in [-0.1, -0.05) is 18.6 Å². The van der Waals surface area contributed by atoms with Crippen LogP contribution in [0.1, 0.15) is 39.0 Å². The van der Waals surface area contributed by atoms with E-state index in [0.29, 0.717) is 12.3 Å². The van der Waals surface area contributed by atoms with Crippen molar-refractivity contribution in [1.82, 2.24) is 0 Å². The Kier molecular flexibility index (Phi) is 3.21. The number of hydrogen-bond acceptors (Lipinski definition) is 2. The Morgan fingerprint density at radius 2 is 2.05 bits per heavy atom. The summed E-state index contributed by atoms with van der Waals surface area (Å²) >= 11 is 0. The third-order valence-electron chi connectivity index (χ3n) is 5.65. The van der Waals surface area contributed by atoms with E-state index in [9.17, 15) is 9.59 Å². The van der Waals surface area contributed by atoms with Crippen molar-refractivity contribution in [3.05, 3.63) is 24.3 Å². The highest BCUT2D eigenvalue weighted by atomic mass is 16.2. The fourth-order valence-electron chi connectivity index (χ4n) is 4.65. The first kappa shape index (κ1) is 13.8. The highest BCUT2D eigenvalue weighted by Crippen LogP contribution is 2.49. The topological polar surface area (TPSA) is 49.4 Å². The largest absolute Gasteiger partial charge is 0.324 e. The molecule has 2 saturated carbocycles. The van der Waals surface area contributed by atoms with Gasteiger partial charge in [0.15, 0.2) is 0 Å². The molecule has 1 heterocycles. The molecule has 4 nitrogen and oxygen atoms in total. The fraction of sp³-hybridized carbons (Fsp3) is 0.556. The van der Waals surface area contributed by atoms with Gasteiger partial charge in [0, 0.05) is 18.4 Å². The van der Waals surface area contributed by atoms with Crippen molar-refractivity contribution in [3.63, 3.8) is 0 Å². The number of amides is 2. The van der Waals surface area contributed by atoms with E-state index in [1.165, 1.54) is 19.3 Å². The molecule has 1 aromatic rings. The number of anilines is 2. The van der Waals surface area contributed by atoms with Gasteiger partial charge in [-0.3, -0.25) is 9.59 Å². The number of nitrogens with one attached hydrogen (secondary N) is 1. The summed E-state index contributed by atoms with van der Waals surface area (Å²) in [5.74, 6) is 1.68. The van der Waals surface area contributed by atoms with E-state index in [0.717, 1.165) is 23.7 Å². The minimum absolute atomic E-state index is 0.0109. The molecule has 0 radical (unpaired) electrons. The minimum Gasteiger partial charge on any atom is -0.324 e. The van der Waals surface area contributed by atoms with E-state index in [2.05, 4.69) is 5.32 Å². The molecule has 1 N–H and O–H groups in total. The molecule has 0 spiro atoms. The predicted molar refractivity (Wildman–Crippen MR) is 85.6 cm³/mol. The van der Waals surface area contributed by atoms with E-state index in [1.807, 2.05) is 36.1 Å². The first-order valence-corrected chi connectivity index (χ1v) is 8.35. The first-order chi connectivity index (χ1) is 10.6. The van der Waals surface area contributed by atoms with Crippen LogP contribution in [0.25, 0.3) is 0 Å². The van der Waals surface area contributed by atoms with Crippen molar-refractivity contribution < 1.29 is 9.59 Å². The van der Waals surface area contributed by atoms with Gasteiger partial charge >= 0.3 is 0 Å². The number of carbonyl (C=O) groups excluding carboxylic acids is 2. The molecular weight excluding hydrogens is 276 g/mol. The number of nitrogens with zero attached hydrogens (tertiary/aromatic N) is 1. The number of fused-ring (bicyclic) bond motifs is 3. The number of benzene rings is 1. The molecule has 116 valence electrons. The van der Waals surface area contributed by atoms with Crippen LogP contribution in [0.5, 0.6) is 0 Å². The van der Waals surface area contributed by atoms with Gasteiger partial charge in [0.1, 0.15) is 0 Å². The van der Waals surface area contributed by atoms with Gasteiger partial charge < -0.3 is 10.2 Å². The third kappa shape index (κ3) is 2.13. The summed E-state index contributed by atoms with van der Waals surface area (Å²) in [6.45, 7) is 1.98. The quantitative estimate of drug-likeness (QED) is 0.865. The maximum atomic E-state index is 13.2. The van der Waals surface area contributed by atoms with Gasteiger partial charge in [-0.05, 0) is 50.2 Å². The van der Waals surface area contributed by atoms with E-state index < -0.39 is 0 Å². The lowest BCUT2D eigenvalue weighted by Gasteiger charge is -2.33. The van der Waals surface area contributed by atoms with Gasteiger partial charge in [-0.25, -0.2) is 0 Å². The van der Waals surface area contributed by atoms with Gasteiger partial charge in [-0.2, -0.15) is 0 Å². The van der Waals surface area contributed by atoms with Gasteiger partial charge in [0.2, 0.25) is 11.8 Å². The molecule has 4 unspecified atom stereocenters. The van der Waals surface area contributed by atoms with Crippen LogP contribution in [0.4, 0.5) is 11.4 Å². The normalized spacial score (nSPS) is 33.3. The second-order valence-corrected chi connectivity index (χ2v) is 7.11. The van der Waals surface area contributed by atoms with Crippen molar-refractivity contribution in [1.29, 1.82) is 0 Å². The SMILES string of the molecule is CC1CC(=O)Nc2ccccc2N1C(=O)C1CC2CCC1C2. The Balaban J connectivity index is 1.70. The van der Waals surface area contributed by atoms with Crippen molar-refractivity contribution in [3.8, 4) is 0 Å². The van der Waals surface area contributed by atoms with Gasteiger partial charge in [0.05, 0.1) is 11.4 Å². The molecule has 2 aliphatic carbocycles. The summed E-state index contributed by atoms with van der Waals surface area (Å²) in [5, 5.41) is 2.93. The summed E-state index contributed by atoms with van der Waals surface area (Å²) < 4.78 is 0. The number of rotatable bonds is 1. The Morgan fingerprint density at radius 3 is 2.77 bits per heavy atom. The van der Waals surface area contributed by atoms with Crippen molar-refractivity contribution in [2.75, 3.05) is 10.2 Å². The highest BCUT2D eigenvalue weighted by molar-refractivity contribution is 6.05. The maximum Gasteiger partial charge on any atom is 0.230 e. The summed E-state index contributed by atoms with van der Waals surface area (Å²) in [5.41, 5.74) is 1.61. The monoisotopic (exact) mass is 298 g/mol. The second kappa shape index (κ2) is 5.11. The zero-order valence-corrected chi connectivity index (χ0v) is 12.9. The molecule has 2 fully saturated rings. The zero-order valence-electron chi connectivity index (χ0n) is 12.9. The molecule has 1 aliphatic heterocycles. The molecule has 22 heavy (non-hydrogen) atoms. The van der Waals surface area contributed by atoms with E-state index in [1.54, 1.807) is 0 Å². The van der Waals surface area contributed by atoms with E-state index in [-0.39, 0.29) is 23.8 Å². The molecule has 0 saturated heterocycles. The Bertz CT molecular complexity index is 627. The van der Waals surface area contributed by atoms with Crippen molar-refractivity contribution in [2.45, 2.75) is 45.1 Å². The van der Waals surface area contributed by atoms with E-state index in [4.69, 9.17) is 0 Å². The molecule has 1 aromatic carbocycles. The number of carbonyl (C=O) groups is 2. The smallest absolute Gasteiger partial charge is 0.230 e. The Hall–Kier alpha value is -1.84. The van der Waals surface area contributed by atoms with Crippen molar-refractivity contribution >= 4 is 23.2 Å². The van der Waals surface area contributed by atoms with Crippen LogP contribution in [-0.4, -0.2) is 17.9 Å². The van der Waals surface area contributed by atoms with Crippen LogP contribution in [0.3, 0.4) is 0 Å². The lowest BCUT2D eigenvalue weighted by atomic mass is 9.87. The molecule has 4 heteroatoms. The lowest BCUT2D eigenvalue weighted by molar-refractivity contribution is -0.124. The Morgan fingerprint density at radius 1 is 1.23 bits per heavy atom. The van der Waals surface area contributed by atoms with Gasteiger partial charge in [0.25, 0.3) is 0 Å². The first-order valence-electron chi connectivity index (χ1n) is 8.35. The standard InChI is InChI=1S/C18H22N2O2/c1-11-8-17(21)19-15-4-2-3-5-16(15)20(11)18(22)14-10-12-6-7-13(14)9-12/h2-5,11-14H,6-10H2,1H3,(H,19,21). The maximum absolute atomic E-state index is 13.2. The summed E-state index contributed by atoms with van der Waals surface area (Å²) in [6.07, 6.45) is 5.11. The van der Waals surface area contributed by atoms with Crippen LogP contribution in [0.2, 0.25) is 0 Å². The van der Waals surface area contributed by atoms with Crippen molar-refractivity contribution in [2.24, 2.45) is 17.8 Å². The van der Waals surface area contributed by atoms with Crippen LogP contribution < -0.4 is 10.2 Å². The lowest BCUT2D eigenvalue weighted by Crippen LogP contribution is -2.44. The summed E-state index contributed by atoms with van der Waals surface area (Å²) in [7, 11) is 0. The summed E-state index contributed by atoms with van der Waals surface area (Å²) in [6, 6.07) is 7.57. The minimum atomic E-state index is -0.0877. The van der Waals surface area contributed by atoms with Crippen LogP contribution in [-0.2, 0) is 9.59 Å². The average Bonchev–Trinajstić information content (AvgIpc) is 3.08. The summed E-state index contributed by atoms with van der Waals surface area (Å²) in [4.78, 5) is 27.1. The van der Waals surface area contributed by atoms with Crippen LogP contribution >= 0.6 is 0 Å². The molecule has 4 atom stereocenters.